The van der Waals surface area contributed by atoms with Gasteiger partial charge in [-0.2, -0.15) is 0 Å². The summed E-state index contributed by atoms with van der Waals surface area (Å²) < 4.78 is 0.0858. The van der Waals surface area contributed by atoms with Crippen LogP contribution >= 0.6 is 0 Å². The van der Waals surface area contributed by atoms with Crippen LogP contribution in [0.2, 0.25) is 0 Å². The second-order valence-electron chi connectivity index (χ2n) is 9.15. The Labute approximate surface area is 225 Å². The maximum absolute atomic E-state index is 10.4. The number of nitrogens with zero attached hydrogens (tertiary/aromatic N) is 2. The Morgan fingerprint density at radius 2 is 1.30 bits per heavy atom. The second-order valence-corrected chi connectivity index (χ2v) is 9.15. The molecule has 1 atom stereocenters. The molecule has 3 N–H and O–H groups in total. The fraction of sp³-hybridized carbons (Fsp3) is 0.846. The zero-order chi connectivity index (χ0) is 22.6. The second kappa shape index (κ2) is 23.5. The number of hydrogen-bond donors (Lipinski definition) is 2. The predicted octanol–water partition coefficient (Wildman–Crippen LogP) is 6.73. The van der Waals surface area contributed by atoms with Gasteiger partial charge >= 0.3 is 5.97 Å². The first-order valence-electron chi connectivity index (χ1n) is 13.1. The first kappa shape index (κ1) is 34.9. The smallest absolute Gasteiger partial charge is 0.303 e. The first-order valence-corrected chi connectivity index (χ1v) is 13.1. The van der Waals surface area contributed by atoms with Crippen molar-refractivity contribution in [3.05, 3.63) is 12.2 Å². The molecule has 0 fully saturated rings. The van der Waals surface area contributed by atoms with Crippen molar-refractivity contribution in [3.8, 4) is 0 Å². The summed E-state index contributed by atoms with van der Waals surface area (Å²) in [6.07, 6.45) is 25.7. The minimum atomic E-state index is -0.666. The quantitative estimate of drug-likeness (QED) is 0.0828. The van der Waals surface area contributed by atoms with Gasteiger partial charge < -0.3 is 10.6 Å². The SMILES string of the molecule is CC[N+]1(O)CCN=C1CCCCCCCCC=CCCCCCCCCCCC(=O)O.[Na].[OH-]. The summed E-state index contributed by atoms with van der Waals surface area (Å²) in [6.45, 7) is 4.32. The minimum Gasteiger partial charge on any atom is -0.870 e. The molecule has 0 saturated heterocycles. The number of likely N-dealkylation sites (N-methyl/N-ethyl adjacent to an activating group) is 1. The van der Waals surface area contributed by atoms with Crippen LogP contribution in [0.1, 0.15) is 122 Å². The summed E-state index contributed by atoms with van der Waals surface area (Å²) >= 11 is 0. The minimum absolute atomic E-state index is 0. The number of hydroxylamine groups is 3. The Bertz CT molecular complexity index is 528. The van der Waals surface area contributed by atoms with Crippen LogP contribution in [0.25, 0.3) is 0 Å². The summed E-state index contributed by atoms with van der Waals surface area (Å²) in [5, 5.41) is 19.0. The Kier molecular flexibility index (Phi) is 24.9. The zero-order valence-electron chi connectivity index (χ0n) is 21.6. The molecule has 0 aliphatic carbocycles. The summed E-state index contributed by atoms with van der Waals surface area (Å²) in [6, 6.07) is 0. The van der Waals surface area contributed by atoms with Gasteiger partial charge in [-0.05, 0) is 45.4 Å². The van der Waals surface area contributed by atoms with Crippen LogP contribution in [0.4, 0.5) is 0 Å². The van der Waals surface area contributed by atoms with Gasteiger partial charge in [0.2, 0.25) is 5.84 Å². The van der Waals surface area contributed by atoms with Gasteiger partial charge in [0.15, 0.2) is 0 Å². The molecule has 6 nitrogen and oxygen atoms in total. The number of aliphatic carboxylic acids is 1. The molecule has 1 unspecified atom stereocenters. The van der Waals surface area contributed by atoms with Gasteiger partial charge in [-0.15, -0.1) is 4.65 Å². The van der Waals surface area contributed by atoms with Gasteiger partial charge in [0.05, 0.1) is 6.54 Å². The molecule has 0 bridgehead atoms. The molecule has 0 aromatic rings. The molecular weight excluding hydrogens is 427 g/mol. The third-order valence-electron chi connectivity index (χ3n) is 6.47. The third-order valence-corrected chi connectivity index (χ3v) is 6.47. The monoisotopic (exact) mass is 477 g/mol. The van der Waals surface area contributed by atoms with Gasteiger partial charge in [-0.25, -0.2) is 10.2 Å². The third kappa shape index (κ3) is 18.7. The molecule has 33 heavy (non-hydrogen) atoms. The molecule has 0 spiro atoms. The van der Waals surface area contributed by atoms with Gasteiger partial charge in [0, 0.05) is 42.4 Å². The zero-order valence-corrected chi connectivity index (χ0v) is 23.6. The molecule has 1 rings (SSSR count). The molecule has 0 saturated carbocycles. The van der Waals surface area contributed by atoms with Gasteiger partial charge in [0.1, 0.15) is 13.1 Å². The van der Waals surface area contributed by atoms with Crippen LogP contribution in [0.3, 0.4) is 0 Å². The summed E-state index contributed by atoms with van der Waals surface area (Å²) in [5.74, 6) is 0.334. The van der Waals surface area contributed by atoms with Crippen LogP contribution in [0.5, 0.6) is 0 Å². The number of allylic oxidation sites excluding steroid dienone is 2. The van der Waals surface area contributed by atoms with E-state index in [1.165, 1.54) is 83.5 Å². The number of amidine groups is 1. The van der Waals surface area contributed by atoms with Gasteiger partial charge in [-0.3, -0.25) is 4.79 Å². The average molecular weight is 478 g/mol. The molecule has 1 heterocycles. The maximum atomic E-state index is 10.4. The number of carboxylic acid groups (broad SMARTS) is 1. The van der Waals surface area contributed by atoms with E-state index < -0.39 is 5.97 Å². The van der Waals surface area contributed by atoms with E-state index in [0.717, 1.165) is 51.2 Å². The molecule has 1 aliphatic heterocycles. The van der Waals surface area contributed by atoms with Crippen molar-refractivity contribution in [2.24, 2.45) is 4.99 Å². The van der Waals surface area contributed by atoms with Crippen molar-refractivity contribution in [1.29, 1.82) is 0 Å². The van der Waals surface area contributed by atoms with Crippen LogP contribution in [0.15, 0.2) is 17.1 Å². The van der Waals surface area contributed by atoms with E-state index in [4.69, 9.17) is 5.11 Å². The fourth-order valence-corrected chi connectivity index (χ4v) is 4.32. The Morgan fingerprint density at radius 3 is 1.79 bits per heavy atom. The molecule has 0 aromatic carbocycles. The molecule has 189 valence electrons. The van der Waals surface area contributed by atoms with Crippen LogP contribution in [-0.4, -0.2) is 81.4 Å². The molecule has 1 aliphatic rings. The number of unbranched alkanes of at least 4 members (excludes halogenated alkanes) is 14. The van der Waals surface area contributed by atoms with E-state index in [-0.39, 0.29) is 39.7 Å². The standard InChI is InChI=1S/C26H48N2O3.Na.H2O/c1-2-28(31)24-23-27-25(28)21-19-17-15-13-11-9-7-5-3-4-6-8-10-12-14-16-18-20-22-26(29)30;;/h3,5,31H,2,4,6-24H2,1H3;;1H2. The normalized spacial score (nSPS) is 17.6. The Balaban J connectivity index is 0. The van der Waals surface area contributed by atoms with Crippen molar-refractivity contribution in [2.75, 3.05) is 19.6 Å². The van der Waals surface area contributed by atoms with E-state index in [1.807, 2.05) is 6.92 Å². The van der Waals surface area contributed by atoms with Crippen molar-refractivity contribution in [1.82, 2.24) is 0 Å². The number of carbonyl (C=O) groups is 1. The summed E-state index contributed by atoms with van der Waals surface area (Å²) in [7, 11) is 0. The van der Waals surface area contributed by atoms with Crippen molar-refractivity contribution in [3.63, 3.8) is 0 Å². The largest absolute Gasteiger partial charge is 0.870 e. The fourth-order valence-electron chi connectivity index (χ4n) is 4.32. The molecule has 0 aromatic heterocycles. The van der Waals surface area contributed by atoms with Crippen molar-refractivity contribution in [2.45, 2.75) is 122 Å². The van der Waals surface area contributed by atoms with Crippen LogP contribution in [-0.2, 0) is 4.79 Å². The number of quaternary nitrogens is 1. The summed E-state index contributed by atoms with van der Waals surface area (Å²) in [4.78, 5) is 14.9. The predicted molar refractivity (Wildman–Crippen MR) is 137 cm³/mol. The summed E-state index contributed by atoms with van der Waals surface area (Å²) in [5.41, 5.74) is 0. The maximum Gasteiger partial charge on any atom is 0.303 e. The van der Waals surface area contributed by atoms with E-state index >= 15 is 0 Å². The Hall–Kier alpha value is -0.240. The average Bonchev–Trinajstić information content (AvgIpc) is 3.13. The van der Waals surface area contributed by atoms with Gasteiger partial charge in [0.25, 0.3) is 0 Å². The van der Waals surface area contributed by atoms with Gasteiger partial charge in [-0.1, -0.05) is 76.4 Å². The van der Waals surface area contributed by atoms with Crippen LogP contribution in [0, 0.1) is 0 Å². The van der Waals surface area contributed by atoms with Crippen LogP contribution < -0.4 is 0 Å². The van der Waals surface area contributed by atoms with E-state index in [0.29, 0.717) is 6.42 Å². The topological polar surface area (TPSA) is 99.9 Å². The Morgan fingerprint density at radius 1 is 0.848 bits per heavy atom. The molecular formula is C26H50N2NaO4. The number of aliphatic imine (C=N–C) groups is 1. The number of hydrogen-bond acceptors (Lipinski definition) is 4. The number of rotatable bonds is 21. The van der Waals surface area contributed by atoms with E-state index in [2.05, 4.69) is 17.1 Å². The molecule has 7 heteroatoms. The number of carboxylic acids is 1. The first-order chi connectivity index (χ1) is 15.1. The molecule has 0 amide bonds. The van der Waals surface area contributed by atoms with Crippen molar-refractivity contribution >= 4 is 41.4 Å². The molecule has 1 radical (unpaired) electrons. The van der Waals surface area contributed by atoms with E-state index in [1.54, 1.807) is 0 Å². The van der Waals surface area contributed by atoms with E-state index in [9.17, 15) is 10.0 Å². The van der Waals surface area contributed by atoms with Crippen molar-refractivity contribution < 1.29 is 25.2 Å².